The average molecular weight is 288 g/mol. The Morgan fingerprint density at radius 1 is 1.33 bits per heavy atom. The Balaban J connectivity index is 1.95. The van der Waals surface area contributed by atoms with E-state index in [1.165, 1.54) is 0 Å². The summed E-state index contributed by atoms with van der Waals surface area (Å²) in [5.41, 5.74) is 1.54. The third-order valence-electron chi connectivity index (χ3n) is 3.13. The van der Waals surface area contributed by atoms with E-state index in [1.807, 2.05) is 24.3 Å². The molecule has 1 aromatic carbocycles. The van der Waals surface area contributed by atoms with Gasteiger partial charge in [0, 0.05) is 18.2 Å². The summed E-state index contributed by atoms with van der Waals surface area (Å²) >= 11 is 0. The summed E-state index contributed by atoms with van der Waals surface area (Å²) in [6.07, 6.45) is 2.29. The number of methoxy groups -OCH3 is 1. The van der Waals surface area contributed by atoms with E-state index in [2.05, 4.69) is 17.4 Å². The molecule has 0 aliphatic heterocycles. The van der Waals surface area contributed by atoms with E-state index in [-0.39, 0.29) is 12.3 Å². The van der Waals surface area contributed by atoms with E-state index in [0.717, 1.165) is 24.2 Å². The number of nitrogens with zero attached hydrogens (tertiary/aromatic N) is 1. The second kappa shape index (κ2) is 7.47. The number of aromatic nitrogens is 1. The molecule has 1 heterocycles. The Kier molecular flexibility index (Phi) is 5.37. The molecule has 0 atom stereocenters. The normalized spacial score (nSPS) is 10.4. The van der Waals surface area contributed by atoms with E-state index in [4.69, 9.17) is 9.26 Å². The minimum absolute atomic E-state index is 0.0296. The molecule has 0 bridgehead atoms. The van der Waals surface area contributed by atoms with Gasteiger partial charge in [-0.05, 0) is 30.7 Å². The van der Waals surface area contributed by atoms with E-state index < -0.39 is 0 Å². The van der Waals surface area contributed by atoms with Crippen molar-refractivity contribution in [3.05, 3.63) is 36.0 Å². The van der Waals surface area contributed by atoms with Gasteiger partial charge >= 0.3 is 0 Å². The highest BCUT2D eigenvalue weighted by Gasteiger charge is 2.10. The van der Waals surface area contributed by atoms with Gasteiger partial charge in [-0.25, -0.2) is 0 Å². The van der Waals surface area contributed by atoms with Crippen molar-refractivity contribution < 1.29 is 14.1 Å². The summed E-state index contributed by atoms with van der Waals surface area (Å²) in [5.74, 6) is 1.40. The molecule has 2 aromatic rings. The van der Waals surface area contributed by atoms with Gasteiger partial charge in [0.2, 0.25) is 5.91 Å². The van der Waals surface area contributed by atoms with E-state index in [0.29, 0.717) is 18.0 Å². The zero-order valence-electron chi connectivity index (χ0n) is 12.4. The van der Waals surface area contributed by atoms with Crippen molar-refractivity contribution >= 4 is 5.91 Å². The van der Waals surface area contributed by atoms with Crippen molar-refractivity contribution in [3.63, 3.8) is 0 Å². The molecule has 0 saturated carbocycles. The molecule has 0 fully saturated rings. The lowest BCUT2D eigenvalue weighted by Gasteiger charge is -2.01. The van der Waals surface area contributed by atoms with Crippen molar-refractivity contribution in [2.45, 2.75) is 26.2 Å². The zero-order chi connectivity index (χ0) is 15.1. The predicted molar refractivity (Wildman–Crippen MR) is 80.1 cm³/mol. The summed E-state index contributed by atoms with van der Waals surface area (Å²) in [6.45, 7) is 2.80. The standard InChI is InChI=1S/C16H20N2O3/c1-3-4-9-17-16(19)11-13-10-15(21-18-13)12-5-7-14(20-2)8-6-12/h5-8,10H,3-4,9,11H2,1-2H3,(H,17,19). The number of rotatable bonds is 7. The van der Waals surface area contributed by atoms with Crippen molar-refractivity contribution in [3.8, 4) is 17.1 Å². The van der Waals surface area contributed by atoms with Crippen LogP contribution in [-0.2, 0) is 11.2 Å². The van der Waals surface area contributed by atoms with E-state index in [1.54, 1.807) is 13.2 Å². The van der Waals surface area contributed by atoms with Crippen LogP contribution >= 0.6 is 0 Å². The third kappa shape index (κ3) is 4.34. The number of ether oxygens (including phenoxy) is 1. The lowest BCUT2D eigenvalue weighted by atomic mass is 10.1. The molecule has 0 unspecified atom stereocenters. The lowest BCUT2D eigenvalue weighted by molar-refractivity contribution is -0.120. The van der Waals surface area contributed by atoms with Crippen LogP contribution in [0.15, 0.2) is 34.9 Å². The fourth-order valence-electron chi connectivity index (χ4n) is 1.92. The minimum Gasteiger partial charge on any atom is -0.497 e. The van der Waals surface area contributed by atoms with Gasteiger partial charge in [-0.1, -0.05) is 18.5 Å². The summed E-state index contributed by atoms with van der Waals surface area (Å²) in [5, 5.41) is 6.80. The summed E-state index contributed by atoms with van der Waals surface area (Å²) in [7, 11) is 1.62. The first-order valence-corrected chi connectivity index (χ1v) is 7.09. The van der Waals surface area contributed by atoms with E-state index >= 15 is 0 Å². The molecule has 1 amide bonds. The highest BCUT2D eigenvalue weighted by atomic mass is 16.5. The number of benzene rings is 1. The molecule has 5 nitrogen and oxygen atoms in total. The van der Waals surface area contributed by atoms with Crippen LogP contribution in [0.5, 0.6) is 5.75 Å². The summed E-state index contributed by atoms with van der Waals surface area (Å²) in [6, 6.07) is 9.29. The second-order valence-corrected chi connectivity index (χ2v) is 4.79. The first-order chi connectivity index (χ1) is 10.2. The fraction of sp³-hybridized carbons (Fsp3) is 0.375. The first kappa shape index (κ1) is 15.1. The highest BCUT2D eigenvalue weighted by Crippen LogP contribution is 2.23. The largest absolute Gasteiger partial charge is 0.497 e. The first-order valence-electron chi connectivity index (χ1n) is 7.09. The van der Waals surface area contributed by atoms with Crippen molar-refractivity contribution in [1.29, 1.82) is 0 Å². The number of unbranched alkanes of at least 4 members (excludes halogenated alkanes) is 1. The molecular formula is C16H20N2O3. The van der Waals surface area contributed by atoms with Gasteiger partial charge in [-0.2, -0.15) is 0 Å². The number of nitrogens with one attached hydrogen (secondary N) is 1. The highest BCUT2D eigenvalue weighted by molar-refractivity contribution is 5.78. The molecule has 0 radical (unpaired) electrons. The second-order valence-electron chi connectivity index (χ2n) is 4.79. The number of carbonyl (C=O) groups is 1. The van der Waals surface area contributed by atoms with Crippen LogP contribution in [0.2, 0.25) is 0 Å². The van der Waals surface area contributed by atoms with Gasteiger partial charge in [0.05, 0.1) is 19.2 Å². The Morgan fingerprint density at radius 3 is 2.76 bits per heavy atom. The van der Waals surface area contributed by atoms with Gasteiger partial charge < -0.3 is 14.6 Å². The van der Waals surface area contributed by atoms with Crippen LogP contribution in [-0.4, -0.2) is 24.7 Å². The quantitative estimate of drug-likeness (QED) is 0.796. The Bertz CT molecular complexity index is 575. The maximum atomic E-state index is 11.7. The van der Waals surface area contributed by atoms with Gasteiger partial charge in [0.1, 0.15) is 5.75 Å². The molecular weight excluding hydrogens is 268 g/mol. The predicted octanol–water partition coefficient (Wildman–Crippen LogP) is 2.81. The molecule has 0 spiro atoms. The molecule has 112 valence electrons. The van der Waals surface area contributed by atoms with Crippen LogP contribution < -0.4 is 10.1 Å². The van der Waals surface area contributed by atoms with Crippen molar-refractivity contribution in [1.82, 2.24) is 10.5 Å². The Morgan fingerprint density at radius 2 is 2.10 bits per heavy atom. The maximum Gasteiger partial charge on any atom is 0.226 e. The SMILES string of the molecule is CCCCNC(=O)Cc1cc(-c2ccc(OC)cc2)on1. The topological polar surface area (TPSA) is 64.4 Å². The van der Waals surface area contributed by atoms with Crippen LogP contribution in [0.25, 0.3) is 11.3 Å². The van der Waals surface area contributed by atoms with Gasteiger partial charge in [-0.15, -0.1) is 0 Å². The van der Waals surface area contributed by atoms with Gasteiger partial charge in [0.25, 0.3) is 0 Å². The Labute approximate surface area is 124 Å². The molecule has 2 rings (SSSR count). The maximum absolute atomic E-state index is 11.7. The number of hydrogen-bond acceptors (Lipinski definition) is 4. The molecule has 21 heavy (non-hydrogen) atoms. The fourth-order valence-corrected chi connectivity index (χ4v) is 1.92. The molecule has 5 heteroatoms. The van der Waals surface area contributed by atoms with Crippen LogP contribution in [0.4, 0.5) is 0 Å². The monoisotopic (exact) mass is 288 g/mol. The molecule has 0 saturated heterocycles. The van der Waals surface area contributed by atoms with Gasteiger partial charge in [0.15, 0.2) is 5.76 Å². The van der Waals surface area contributed by atoms with Crippen LogP contribution in [0.3, 0.4) is 0 Å². The number of amides is 1. The molecule has 0 aliphatic rings. The zero-order valence-corrected chi connectivity index (χ0v) is 12.4. The number of carbonyl (C=O) groups excluding carboxylic acids is 1. The van der Waals surface area contributed by atoms with Gasteiger partial charge in [-0.3, -0.25) is 4.79 Å². The van der Waals surface area contributed by atoms with Crippen LogP contribution in [0.1, 0.15) is 25.5 Å². The molecule has 0 aliphatic carbocycles. The summed E-state index contributed by atoms with van der Waals surface area (Å²) in [4.78, 5) is 11.7. The molecule has 1 N–H and O–H groups in total. The minimum atomic E-state index is -0.0296. The lowest BCUT2D eigenvalue weighted by Crippen LogP contribution is -2.26. The third-order valence-corrected chi connectivity index (χ3v) is 3.13. The Hall–Kier alpha value is -2.30. The average Bonchev–Trinajstić information content (AvgIpc) is 2.96. The molecule has 1 aromatic heterocycles. The van der Waals surface area contributed by atoms with Crippen LogP contribution in [0, 0.1) is 0 Å². The van der Waals surface area contributed by atoms with Crippen molar-refractivity contribution in [2.75, 3.05) is 13.7 Å². The summed E-state index contributed by atoms with van der Waals surface area (Å²) < 4.78 is 10.4. The number of hydrogen-bond donors (Lipinski definition) is 1. The smallest absolute Gasteiger partial charge is 0.226 e. The van der Waals surface area contributed by atoms with Crippen molar-refractivity contribution in [2.24, 2.45) is 0 Å². The van der Waals surface area contributed by atoms with E-state index in [9.17, 15) is 4.79 Å².